The van der Waals surface area contributed by atoms with Gasteiger partial charge in [0.2, 0.25) is 0 Å². The van der Waals surface area contributed by atoms with E-state index in [9.17, 15) is 4.79 Å². The molecular formula is C11H7Cl2NO2S. The Labute approximate surface area is 112 Å². The second kappa shape index (κ2) is 5.04. The largest absolute Gasteiger partial charge is 0.422 e. The van der Waals surface area contributed by atoms with Crippen molar-refractivity contribution in [3.8, 4) is 5.75 Å². The molecule has 2 aromatic rings. The summed E-state index contributed by atoms with van der Waals surface area (Å²) in [4.78, 5) is 15.7. The van der Waals surface area contributed by atoms with Crippen molar-refractivity contribution in [3.63, 3.8) is 0 Å². The fourth-order valence-corrected chi connectivity index (χ4v) is 2.29. The van der Waals surface area contributed by atoms with Crippen LogP contribution in [0, 0.1) is 6.92 Å². The maximum absolute atomic E-state index is 11.7. The summed E-state index contributed by atoms with van der Waals surface area (Å²) in [5.41, 5.74) is 0.281. The number of esters is 1. The Hall–Kier alpha value is -1.10. The summed E-state index contributed by atoms with van der Waals surface area (Å²) in [6.07, 6.45) is 0. The second-order valence-electron chi connectivity index (χ2n) is 3.25. The zero-order chi connectivity index (χ0) is 12.4. The molecule has 0 bridgehead atoms. The lowest BCUT2D eigenvalue weighted by atomic mass is 10.3. The molecule has 1 aromatic heterocycles. The first kappa shape index (κ1) is 12.4. The molecule has 0 radical (unpaired) electrons. The van der Waals surface area contributed by atoms with E-state index in [1.165, 1.54) is 23.5 Å². The Bertz CT molecular complexity index is 548. The van der Waals surface area contributed by atoms with Gasteiger partial charge in [0.1, 0.15) is 5.75 Å². The number of nitrogens with zero attached hydrogens (tertiary/aromatic N) is 1. The maximum Gasteiger partial charge on any atom is 0.363 e. The molecule has 0 N–H and O–H groups in total. The average Bonchev–Trinajstić information content (AvgIpc) is 2.63. The number of hydrogen-bond donors (Lipinski definition) is 0. The van der Waals surface area contributed by atoms with E-state index < -0.39 is 5.97 Å². The van der Waals surface area contributed by atoms with Gasteiger partial charge >= 0.3 is 5.97 Å². The number of aromatic nitrogens is 1. The molecule has 1 heterocycles. The van der Waals surface area contributed by atoms with Crippen LogP contribution in [0.1, 0.15) is 15.5 Å². The number of thiazole rings is 1. The number of aryl methyl sites for hydroxylation is 1. The van der Waals surface area contributed by atoms with Gasteiger partial charge in [0.15, 0.2) is 5.69 Å². The van der Waals surface area contributed by atoms with E-state index in [4.69, 9.17) is 27.9 Å². The Balaban J connectivity index is 2.18. The molecule has 0 amide bonds. The van der Waals surface area contributed by atoms with Crippen LogP contribution in [0.15, 0.2) is 23.6 Å². The van der Waals surface area contributed by atoms with E-state index in [0.717, 1.165) is 5.01 Å². The van der Waals surface area contributed by atoms with Gasteiger partial charge in [-0.05, 0) is 25.1 Å². The second-order valence-corrected chi connectivity index (χ2v) is 5.18. The Morgan fingerprint density at radius 3 is 2.47 bits per heavy atom. The number of carbonyl (C=O) groups is 1. The lowest BCUT2D eigenvalue weighted by molar-refractivity contribution is 0.0729. The summed E-state index contributed by atoms with van der Waals surface area (Å²) in [7, 11) is 0. The van der Waals surface area contributed by atoms with E-state index in [0.29, 0.717) is 15.8 Å². The van der Waals surface area contributed by atoms with Gasteiger partial charge in [-0.25, -0.2) is 9.78 Å². The standard InChI is InChI=1S/C11H7Cl2NO2S/c1-6-14-10(5-17-6)11(15)16-9-3-7(12)2-8(13)4-9/h2-5H,1H3. The van der Waals surface area contributed by atoms with Crippen LogP contribution in [0.2, 0.25) is 10.0 Å². The zero-order valence-corrected chi connectivity index (χ0v) is 11.1. The van der Waals surface area contributed by atoms with Crippen molar-refractivity contribution >= 4 is 40.5 Å². The Kier molecular flexibility index (Phi) is 3.66. The summed E-state index contributed by atoms with van der Waals surface area (Å²) < 4.78 is 5.11. The number of benzene rings is 1. The van der Waals surface area contributed by atoms with Gasteiger partial charge in [0, 0.05) is 15.4 Å². The highest BCUT2D eigenvalue weighted by atomic mass is 35.5. The van der Waals surface area contributed by atoms with Crippen LogP contribution >= 0.6 is 34.5 Å². The van der Waals surface area contributed by atoms with Crippen LogP contribution in [-0.4, -0.2) is 11.0 Å². The molecule has 0 aliphatic carbocycles. The molecule has 0 aliphatic heterocycles. The van der Waals surface area contributed by atoms with Crippen molar-refractivity contribution < 1.29 is 9.53 Å². The minimum Gasteiger partial charge on any atom is -0.422 e. The SMILES string of the molecule is Cc1nc(C(=O)Oc2cc(Cl)cc(Cl)c2)cs1. The van der Waals surface area contributed by atoms with Crippen LogP contribution in [0.25, 0.3) is 0 Å². The number of hydrogen-bond acceptors (Lipinski definition) is 4. The third-order valence-electron chi connectivity index (χ3n) is 1.87. The number of halogens is 2. The number of rotatable bonds is 2. The van der Waals surface area contributed by atoms with Crippen LogP contribution < -0.4 is 4.74 Å². The van der Waals surface area contributed by atoms with Crippen molar-refractivity contribution in [1.82, 2.24) is 4.98 Å². The van der Waals surface area contributed by atoms with E-state index in [-0.39, 0.29) is 5.69 Å². The molecule has 6 heteroatoms. The third kappa shape index (κ3) is 3.19. The molecule has 0 atom stereocenters. The van der Waals surface area contributed by atoms with Crippen LogP contribution in [-0.2, 0) is 0 Å². The van der Waals surface area contributed by atoms with Gasteiger partial charge in [0.25, 0.3) is 0 Å². The fraction of sp³-hybridized carbons (Fsp3) is 0.0909. The molecule has 0 aliphatic rings. The number of ether oxygens (including phenoxy) is 1. The molecule has 0 unspecified atom stereocenters. The normalized spacial score (nSPS) is 10.3. The average molecular weight is 288 g/mol. The summed E-state index contributed by atoms with van der Waals surface area (Å²) in [6, 6.07) is 4.60. The highest BCUT2D eigenvalue weighted by Crippen LogP contribution is 2.24. The summed E-state index contributed by atoms with van der Waals surface area (Å²) in [5.74, 6) is -0.217. The Morgan fingerprint density at radius 2 is 1.94 bits per heavy atom. The quantitative estimate of drug-likeness (QED) is 0.620. The predicted octanol–water partition coefficient (Wildman–Crippen LogP) is 3.98. The molecule has 88 valence electrons. The zero-order valence-electron chi connectivity index (χ0n) is 8.74. The predicted molar refractivity (Wildman–Crippen MR) is 68.3 cm³/mol. The first-order valence-corrected chi connectivity index (χ1v) is 6.28. The van der Waals surface area contributed by atoms with Crippen molar-refractivity contribution in [2.75, 3.05) is 0 Å². The van der Waals surface area contributed by atoms with Gasteiger partial charge in [0.05, 0.1) is 5.01 Å². The van der Waals surface area contributed by atoms with Crippen molar-refractivity contribution in [1.29, 1.82) is 0 Å². The molecule has 0 spiro atoms. The molecule has 0 saturated heterocycles. The molecule has 0 saturated carbocycles. The first-order valence-electron chi connectivity index (χ1n) is 4.65. The molecule has 0 fully saturated rings. The van der Waals surface area contributed by atoms with Crippen LogP contribution in [0.3, 0.4) is 0 Å². The summed E-state index contributed by atoms with van der Waals surface area (Å²) in [6.45, 7) is 1.82. The topological polar surface area (TPSA) is 39.2 Å². The molecular weight excluding hydrogens is 281 g/mol. The smallest absolute Gasteiger partial charge is 0.363 e. The minimum absolute atomic E-state index is 0.281. The van der Waals surface area contributed by atoms with Gasteiger partial charge in [-0.15, -0.1) is 11.3 Å². The maximum atomic E-state index is 11.7. The number of carbonyl (C=O) groups excluding carboxylic acids is 1. The first-order chi connectivity index (χ1) is 8.04. The van der Waals surface area contributed by atoms with Gasteiger partial charge in [-0.1, -0.05) is 23.2 Å². The lowest BCUT2D eigenvalue weighted by Crippen LogP contribution is -2.08. The molecule has 3 nitrogen and oxygen atoms in total. The van der Waals surface area contributed by atoms with Crippen LogP contribution in [0.4, 0.5) is 0 Å². The minimum atomic E-state index is -0.521. The highest BCUT2D eigenvalue weighted by molar-refractivity contribution is 7.09. The highest BCUT2D eigenvalue weighted by Gasteiger charge is 2.12. The lowest BCUT2D eigenvalue weighted by Gasteiger charge is -2.03. The molecule has 17 heavy (non-hydrogen) atoms. The summed E-state index contributed by atoms with van der Waals surface area (Å²) >= 11 is 13.0. The van der Waals surface area contributed by atoms with Crippen LogP contribution in [0.5, 0.6) is 5.75 Å². The van der Waals surface area contributed by atoms with E-state index in [1.807, 2.05) is 6.92 Å². The summed E-state index contributed by atoms with van der Waals surface area (Å²) in [5, 5.41) is 3.27. The fourth-order valence-electron chi connectivity index (χ4n) is 1.20. The van der Waals surface area contributed by atoms with E-state index in [1.54, 1.807) is 11.4 Å². The van der Waals surface area contributed by atoms with Gasteiger partial charge < -0.3 is 4.74 Å². The van der Waals surface area contributed by atoms with E-state index >= 15 is 0 Å². The third-order valence-corrected chi connectivity index (χ3v) is 3.08. The van der Waals surface area contributed by atoms with Crippen molar-refractivity contribution in [2.24, 2.45) is 0 Å². The van der Waals surface area contributed by atoms with Crippen molar-refractivity contribution in [2.45, 2.75) is 6.92 Å². The van der Waals surface area contributed by atoms with Crippen molar-refractivity contribution in [3.05, 3.63) is 44.3 Å². The van der Waals surface area contributed by atoms with Gasteiger partial charge in [-0.2, -0.15) is 0 Å². The molecule has 2 rings (SSSR count). The Morgan fingerprint density at radius 1 is 1.29 bits per heavy atom. The van der Waals surface area contributed by atoms with E-state index in [2.05, 4.69) is 4.98 Å². The monoisotopic (exact) mass is 287 g/mol. The van der Waals surface area contributed by atoms with Gasteiger partial charge in [-0.3, -0.25) is 0 Å². The molecule has 1 aromatic carbocycles.